The number of hydrogen-bond acceptors (Lipinski definition) is 3. The Morgan fingerprint density at radius 3 is 2.73 bits per heavy atom. The fourth-order valence-electron chi connectivity index (χ4n) is 1.13. The van der Waals surface area contributed by atoms with Gasteiger partial charge in [0.2, 0.25) is 13.8 Å². The number of pyridine rings is 1. The third-order valence-corrected chi connectivity index (χ3v) is 1.81. The Bertz CT molecular complexity index is 356. The van der Waals surface area contributed by atoms with Gasteiger partial charge in [-0.2, -0.15) is 0 Å². The van der Waals surface area contributed by atoms with Crippen molar-refractivity contribution in [2.45, 2.75) is 6.04 Å². The number of carbonyl (C=O) groups is 2. The zero-order chi connectivity index (χ0) is 11.3. The molecular formula is C9H10BN3O2. The van der Waals surface area contributed by atoms with Crippen molar-refractivity contribution in [2.24, 2.45) is 0 Å². The highest BCUT2D eigenvalue weighted by Gasteiger charge is 2.19. The number of nitrogens with one attached hydrogen (secondary N) is 2. The molecule has 2 radical (unpaired) electrons. The van der Waals surface area contributed by atoms with E-state index in [4.69, 9.17) is 7.85 Å². The maximum atomic E-state index is 11.4. The molecule has 0 saturated heterocycles. The van der Waals surface area contributed by atoms with Crippen molar-refractivity contribution >= 4 is 19.6 Å². The normalized spacial score (nSPS) is 11.5. The van der Waals surface area contributed by atoms with E-state index in [0.29, 0.717) is 5.56 Å². The van der Waals surface area contributed by atoms with Crippen LogP contribution in [0.25, 0.3) is 0 Å². The van der Waals surface area contributed by atoms with Gasteiger partial charge in [0, 0.05) is 25.0 Å². The van der Waals surface area contributed by atoms with Gasteiger partial charge in [-0.1, -0.05) is 6.07 Å². The SMILES string of the molecule is [B]C(=O)NC(C(=O)NC)c1cccnc1. The van der Waals surface area contributed by atoms with Crippen LogP contribution in [0.3, 0.4) is 0 Å². The van der Waals surface area contributed by atoms with Crippen LogP contribution in [0.15, 0.2) is 24.5 Å². The fourth-order valence-corrected chi connectivity index (χ4v) is 1.13. The number of likely N-dealkylation sites (N-methyl/N-ethyl adjacent to an activating group) is 1. The molecule has 5 nitrogen and oxygen atoms in total. The molecule has 0 bridgehead atoms. The van der Waals surface area contributed by atoms with Gasteiger partial charge in [-0.15, -0.1) is 0 Å². The molecule has 0 aromatic carbocycles. The van der Waals surface area contributed by atoms with Crippen molar-refractivity contribution in [2.75, 3.05) is 7.05 Å². The van der Waals surface area contributed by atoms with E-state index in [9.17, 15) is 9.59 Å². The van der Waals surface area contributed by atoms with Crippen LogP contribution in [0.1, 0.15) is 11.6 Å². The molecule has 0 saturated carbocycles. The van der Waals surface area contributed by atoms with Crippen LogP contribution < -0.4 is 10.6 Å². The molecule has 2 N–H and O–H groups in total. The molecule has 0 aliphatic heterocycles. The minimum absolute atomic E-state index is 0.346. The second kappa shape index (κ2) is 5.14. The quantitative estimate of drug-likeness (QED) is 0.665. The van der Waals surface area contributed by atoms with E-state index in [1.165, 1.54) is 13.2 Å². The second-order valence-electron chi connectivity index (χ2n) is 2.84. The largest absolute Gasteiger partial charge is 0.357 e. The highest BCUT2D eigenvalue weighted by atomic mass is 16.2. The predicted molar refractivity (Wildman–Crippen MR) is 55.3 cm³/mol. The first-order chi connectivity index (χ1) is 7.15. The molecule has 1 rings (SSSR count). The molecule has 76 valence electrons. The molecule has 1 aromatic rings. The summed E-state index contributed by atoms with van der Waals surface area (Å²) in [6, 6.07) is 2.55. The van der Waals surface area contributed by atoms with E-state index in [2.05, 4.69) is 15.6 Å². The van der Waals surface area contributed by atoms with E-state index >= 15 is 0 Å². The van der Waals surface area contributed by atoms with E-state index in [1.54, 1.807) is 18.3 Å². The van der Waals surface area contributed by atoms with Gasteiger partial charge in [0.15, 0.2) is 5.81 Å². The summed E-state index contributed by atoms with van der Waals surface area (Å²) in [6.07, 6.45) is 3.07. The summed E-state index contributed by atoms with van der Waals surface area (Å²) >= 11 is 0. The molecule has 0 fully saturated rings. The molecule has 0 aliphatic carbocycles. The number of rotatable bonds is 3. The van der Waals surface area contributed by atoms with Gasteiger partial charge in [0.05, 0.1) is 0 Å². The van der Waals surface area contributed by atoms with E-state index in [0.717, 1.165) is 0 Å². The van der Waals surface area contributed by atoms with Crippen LogP contribution in [-0.2, 0) is 4.79 Å². The Balaban J connectivity index is 2.91. The minimum Gasteiger partial charge on any atom is -0.357 e. The van der Waals surface area contributed by atoms with Crippen molar-refractivity contribution in [1.82, 2.24) is 15.6 Å². The van der Waals surface area contributed by atoms with Gasteiger partial charge >= 0.3 is 0 Å². The molecule has 2 amide bonds. The lowest BCUT2D eigenvalue weighted by Crippen LogP contribution is -2.38. The lowest BCUT2D eigenvalue weighted by Gasteiger charge is -2.16. The molecule has 1 atom stereocenters. The Morgan fingerprint density at radius 2 is 2.27 bits per heavy atom. The summed E-state index contributed by atoms with van der Waals surface area (Å²) in [4.78, 5) is 26.0. The summed E-state index contributed by atoms with van der Waals surface area (Å²) in [6.45, 7) is 0. The third kappa shape index (κ3) is 3.09. The number of carbonyl (C=O) groups excluding carboxylic acids is 2. The van der Waals surface area contributed by atoms with Crippen molar-refractivity contribution in [1.29, 1.82) is 0 Å². The summed E-state index contributed by atoms with van der Waals surface area (Å²) in [5.41, 5.74) is 0.579. The second-order valence-corrected chi connectivity index (χ2v) is 2.84. The number of hydrogen-bond donors (Lipinski definition) is 2. The Hall–Kier alpha value is -1.85. The Morgan fingerprint density at radius 1 is 1.53 bits per heavy atom. The van der Waals surface area contributed by atoms with Crippen LogP contribution in [0.5, 0.6) is 0 Å². The summed E-state index contributed by atoms with van der Waals surface area (Å²) < 4.78 is 0. The Labute approximate surface area is 88.7 Å². The lowest BCUT2D eigenvalue weighted by molar-refractivity contribution is -0.122. The molecular weight excluding hydrogens is 193 g/mol. The zero-order valence-electron chi connectivity index (χ0n) is 8.23. The standard InChI is InChI=1S/C9H10BN3O2/c1-11-8(14)7(13-9(10)15)6-3-2-4-12-5-6/h2-5,7H,1H3,(H,11,14)(H,13,15). The molecule has 0 aliphatic rings. The molecule has 1 unspecified atom stereocenters. The average molecular weight is 203 g/mol. The van der Waals surface area contributed by atoms with Gasteiger partial charge in [-0.3, -0.25) is 14.6 Å². The van der Waals surface area contributed by atoms with Gasteiger partial charge < -0.3 is 10.6 Å². The molecule has 0 spiro atoms. The zero-order valence-corrected chi connectivity index (χ0v) is 8.23. The molecule has 1 heterocycles. The topological polar surface area (TPSA) is 71.1 Å². The number of amides is 2. The van der Waals surface area contributed by atoms with Crippen LogP contribution in [-0.4, -0.2) is 31.6 Å². The highest BCUT2D eigenvalue weighted by Crippen LogP contribution is 2.10. The summed E-state index contributed by atoms with van der Waals surface area (Å²) in [7, 11) is 6.45. The third-order valence-electron chi connectivity index (χ3n) is 1.81. The lowest BCUT2D eigenvalue weighted by atomic mass is 10.0. The maximum absolute atomic E-state index is 11.4. The first kappa shape index (κ1) is 11.2. The van der Waals surface area contributed by atoms with E-state index < -0.39 is 11.8 Å². The Kier molecular flexibility index (Phi) is 3.85. The maximum Gasteiger partial charge on any atom is 0.247 e. The minimum atomic E-state index is -0.804. The van der Waals surface area contributed by atoms with Gasteiger partial charge in [0.1, 0.15) is 6.04 Å². The predicted octanol–water partition coefficient (Wildman–Crippen LogP) is -0.253. The highest BCUT2D eigenvalue weighted by molar-refractivity contribution is 6.57. The van der Waals surface area contributed by atoms with Gasteiger partial charge in [0.25, 0.3) is 0 Å². The first-order valence-electron chi connectivity index (χ1n) is 4.32. The van der Waals surface area contributed by atoms with Crippen LogP contribution in [0.2, 0.25) is 0 Å². The average Bonchev–Trinajstić information content (AvgIpc) is 2.26. The van der Waals surface area contributed by atoms with Gasteiger partial charge in [-0.05, 0) is 6.07 Å². The van der Waals surface area contributed by atoms with E-state index in [1.807, 2.05) is 0 Å². The molecule has 15 heavy (non-hydrogen) atoms. The van der Waals surface area contributed by atoms with Crippen molar-refractivity contribution in [3.8, 4) is 0 Å². The summed E-state index contributed by atoms with van der Waals surface area (Å²) in [5, 5.41) is 4.77. The van der Waals surface area contributed by atoms with Crippen LogP contribution in [0, 0.1) is 0 Å². The van der Waals surface area contributed by atoms with Crippen molar-refractivity contribution in [3.05, 3.63) is 30.1 Å². The smallest absolute Gasteiger partial charge is 0.247 e. The molecule has 1 aromatic heterocycles. The monoisotopic (exact) mass is 203 g/mol. The van der Waals surface area contributed by atoms with E-state index in [-0.39, 0.29) is 5.91 Å². The number of nitrogens with zero attached hydrogens (tertiary/aromatic N) is 1. The molecule has 6 heteroatoms. The van der Waals surface area contributed by atoms with Crippen LogP contribution >= 0.6 is 0 Å². The van der Waals surface area contributed by atoms with Crippen molar-refractivity contribution in [3.63, 3.8) is 0 Å². The van der Waals surface area contributed by atoms with Crippen LogP contribution in [0.4, 0.5) is 4.79 Å². The summed E-state index contributed by atoms with van der Waals surface area (Å²) in [5.74, 6) is -1.10. The first-order valence-corrected chi connectivity index (χ1v) is 4.32. The van der Waals surface area contributed by atoms with Gasteiger partial charge in [-0.25, -0.2) is 0 Å². The van der Waals surface area contributed by atoms with Crippen molar-refractivity contribution < 1.29 is 9.59 Å². The fraction of sp³-hybridized carbons (Fsp3) is 0.222. The number of aromatic nitrogens is 1.